The van der Waals surface area contributed by atoms with Gasteiger partial charge in [0, 0.05) is 34.9 Å². The third kappa shape index (κ3) is 5.16. The molecule has 0 N–H and O–H groups in total. The second-order valence-electron chi connectivity index (χ2n) is 18.1. The van der Waals surface area contributed by atoms with Crippen molar-refractivity contribution in [1.29, 1.82) is 0 Å². The van der Waals surface area contributed by atoms with Gasteiger partial charge in [0.15, 0.2) is 0 Å². The summed E-state index contributed by atoms with van der Waals surface area (Å²) in [5.74, 6) is 2.07. The number of aromatic nitrogens is 4. The van der Waals surface area contributed by atoms with Gasteiger partial charge < -0.3 is 4.90 Å². The van der Waals surface area contributed by atoms with E-state index in [0.29, 0.717) is 0 Å². The lowest BCUT2D eigenvalue weighted by Crippen LogP contribution is -2.36. The number of aryl methyl sites for hydroxylation is 2. The Morgan fingerprint density at radius 1 is 0.382 bits per heavy atom. The van der Waals surface area contributed by atoms with Gasteiger partial charge in [0.05, 0.1) is 50.2 Å². The highest BCUT2D eigenvalue weighted by molar-refractivity contribution is 6.19. The van der Waals surface area contributed by atoms with E-state index in [1.165, 1.54) is 66.7 Å². The average molecular weight is 872 g/mol. The van der Waals surface area contributed by atoms with Crippen LogP contribution in [0.3, 0.4) is 0 Å². The number of benzene rings is 10. The largest absolute Gasteiger partial charge is 0.309 e. The summed E-state index contributed by atoms with van der Waals surface area (Å²) in [4.78, 5) is 13.0. The Kier molecular flexibility index (Phi) is 8.39. The van der Waals surface area contributed by atoms with Crippen molar-refractivity contribution in [2.75, 3.05) is 4.90 Å². The minimum atomic E-state index is -0.589. The van der Waals surface area contributed by atoms with Crippen LogP contribution in [-0.2, 0) is 18.3 Å². The number of nitrogens with zero attached hydrogens (tertiary/aromatic N) is 5. The van der Waals surface area contributed by atoms with Crippen LogP contribution in [0.2, 0.25) is 0 Å². The van der Waals surface area contributed by atoms with Crippen molar-refractivity contribution in [1.82, 2.24) is 19.1 Å². The van der Waals surface area contributed by atoms with E-state index < -0.39 is 5.41 Å². The summed E-state index contributed by atoms with van der Waals surface area (Å²) in [5.41, 5.74) is 19.4. The average Bonchev–Trinajstić information content (AvgIpc) is 4.07. The molecule has 0 saturated heterocycles. The number of hydrogen-bond acceptors (Lipinski definition) is 3. The Hall–Kier alpha value is -8.54. The third-order valence-electron chi connectivity index (χ3n) is 14.8. The fraction of sp³-hybridized carbons (Fsp3) is 0.0794. The molecule has 0 fully saturated rings. The van der Waals surface area contributed by atoms with E-state index in [1.807, 2.05) is 0 Å². The van der Waals surface area contributed by atoms with Crippen LogP contribution in [0.5, 0.6) is 0 Å². The summed E-state index contributed by atoms with van der Waals surface area (Å²) >= 11 is 0. The number of rotatable bonds is 6. The Morgan fingerprint density at radius 3 is 1.43 bits per heavy atom. The second-order valence-corrected chi connectivity index (χ2v) is 18.1. The Labute approximate surface area is 394 Å². The van der Waals surface area contributed by atoms with Crippen molar-refractivity contribution in [2.24, 2.45) is 0 Å². The molecule has 0 bridgehead atoms. The van der Waals surface area contributed by atoms with Crippen LogP contribution in [0.4, 0.5) is 17.1 Å². The fourth-order valence-corrected chi connectivity index (χ4v) is 12.2. The molecule has 3 heterocycles. The summed E-state index contributed by atoms with van der Waals surface area (Å²) in [6.07, 6.45) is 1.58. The summed E-state index contributed by atoms with van der Waals surface area (Å²) in [6.45, 7) is 4.42. The molecule has 2 aromatic heterocycles. The Morgan fingerprint density at radius 2 is 0.838 bits per heavy atom. The van der Waals surface area contributed by atoms with Crippen LogP contribution in [0.15, 0.2) is 212 Å². The van der Waals surface area contributed by atoms with E-state index in [0.717, 1.165) is 74.4 Å². The standard InChI is InChI=1S/C63H45N5/c1-3-59-64-52-32-13-16-35-57(52)67(59)54-37-19-25-43-46(54)39-47-44(26-20-38-55(47)68-58-36-17-14-33-53(58)65-60(68)4-2)61(43)45-27-18-31-51-62(45)66(40-21-6-5-7-22-40)56-34-15-12-30-50(56)63(51)48-28-10-8-23-41(48)42-24-9-11-29-49(42)63/h5-39H,3-4H2,1-2H3. The van der Waals surface area contributed by atoms with Gasteiger partial charge in [-0.1, -0.05) is 166 Å². The number of anilines is 3. The maximum atomic E-state index is 5.22. The zero-order valence-electron chi connectivity index (χ0n) is 37.9. The van der Waals surface area contributed by atoms with E-state index in [2.05, 4.69) is 240 Å². The molecule has 322 valence electrons. The zero-order valence-corrected chi connectivity index (χ0v) is 37.9. The first-order valence-corrected chi connectivity index (χ1v) is 23.9. The molecule has 0 saturated carbocycles. The molecule has 2 aliphatic rings. The molecule has 0 amide bonds. The first-order valence-electron chi connectivity index (χ1n) is 23.9. The molecule has 5 nitrogen and oxygen atoms in total. The van der Waals surface area contributed by atoms with Gasteiger partial charge >= 0.3 is 0 Å². The van der Waals surface area contributed by atoms with Gasteiger partial charge in [-0.15, -0.1) is 0 Å². The van der Waals surface area contributed by atoms with Gasteiger partial charge in [-0.05, 0) is 110 Å². The molecule has 0 atom stereocenters. The van der Waals surface area contributed by atoms with Crippen molar-refractivity contribution in [2.45, 2.75) is 32.1 Å². The van der Waals surface area contributed by atoms with Gasteiger partial charge in [-0.3, -0.25) is 9.13 Å². The van der Waals surface area contributed by atoms with E-state index in [1.54, 1.807) is 0 Å². The molecule has 68 heavy (non-hydrogen) atoms. The van der Waals surface area contributed by atoms with E-state index in [4.69, 9.17) is 9.97 Å². The van der Waals surface area contributed by atoms with Crippen LogP contribution < -0.4 is 4.90 Å². The van der Waals surface area contributed by atoms with Gasteiger partial charge in [0.1, 0.15) is 11.6 Å². The zero-order chi connectivity index (χ0) is 45.1. The maximum Gasteiger partial charge on any atom is 0.114 e. The topological polar surface area (TPSA) is 38.9 Å². The monoisotopic (exact) mass is 871 g/mol. The quantitative estimate of drug-likeness (QED) is 0.156. The lowest BCUT2D eigenvalue weighted by atomic mass is 9.64. The molecule has 12 aromatic rings. The molecule has 1 aliphatic heterocycles. The summed E-state index contributed by atoms with van der Waals surface area (Å²) in [7, 11) is 0. The number of para-hydroxylation sites is 7. The smallest absolute Gasteiger partial charge is 0.114 e. The highest BCUT2D eigenvalue weighted by atomic mass is 15.2. The predicted octanol–water partition coefficient (Wildman–Crippen LogP) is 15.6. The highest BCUT2D eigenvalue weighted by Gasteiger charge is 2.52. The van der Waals surface area contributed by atoms with Gasteiger partial charge in [0.25, 0.3) is 0 Å². The minimum Gasteiger partial charge on any atom is -0.309 e. The molecule has 0 unspecified atom stereocenters. The third-order valence-corrected chi connectivity index (χ3v) is 14.8. The van der Waals surface area contributed by atoms with E-state index in [-0.39, 0.29) is 0 Å². The fourth-order valence-electron chi connectivity index (χ4n) is 12.2. The number of imidazole rings is 2. The summed E-state index contributed by atoms with van der Waals surface area (Å²) in [6, 6.07) is 78.7. The second kappa shape index (κ2) is 14.7. The van der Waals surface area contributed by atoms with Crippen LogP contribution in [0, 0.1) is 0 Å². The lowest BCUT2D eigenvalue weighted by Gasteiger charge is -2.46. The summed E-state index contributed by atoms with van der Waals surface area (Å²) < 4.78 is 4.79. The van der Waals surface area contributed by atoms with Gasteiger partial charge in [0.2, 0.25) is 0 Å². The van der Waals surface area contributed by atoms with E-state index in [9.17, 15) is 0 Å². The SMILES string of the molecule is CCc1nc2ccccc2n1-c1cccc2c(-c3cccc4c3N(c3ccccc3)c3ccccc3C43c4ccccc4-c4ccccc43)c3cccc(-n4c(CC)nc5ccccc54)c3cc12. The van der Waals surface area contributed by atoms with Crippen molar-refractivity contribution >= 4 is 60.7 Å². The minimum absolute atomic E-state index is 0.589. The summed E-state index contributed by atoms with van der Waals surface area (Å²) in [5, 5.41) is 4.68. The molecule has 0 radical (unpaired) electrons. The van der Waals surface area contributed by atoms with Gasteiger partial charge in [-0.25, -0.2) is 9.97 Å². The van der Waals surface area contributed by atoms with Crippen molar-refractivity contribution in [3.05, 3.63) is 246 Å². The molecular formula is C63H45N5. The van der Waals surface area contributed by atoms with Crippen molar-refractivity contribution in [3.63, 3.8) is 0 Å². The molecular weight excluding hydrogens is 827 g/mol. The molecule has 14 rings (SSSR count). The molecule has 1 spiro atoms. The molecule has 10 aromatic carbocycles. The van der Waals surface area contributed by atoms with E-state index >= 15 is 0 Å². The van der Waals surface area contributed by atoms with Crippen molar-refractivity contribution < 1.29 is 0 Å². The van der Waals surface area contributed by atoms with Crippen LogP contribution in [0.1, 0.15) is 47.8 Å². The van der Waals surface area contributed by atoms with Crippen LogP contribution >= 0.6 is 0 Å². The Bertz CT molecular complexity index is 3840. The molecule has 1 aliphatic carbocycles. The first kappa shape index (κ1) is 38.7. The first-order chi connectivity index (χ1) is 33.7. The number of hydrogen-bond donors (Lipinski definition) is 0. The Balaban J connectivity index is 1.18. The van der Waals surface area contributed by atoms with Gasteiger partial charge in [-0.2, -0.15) is 0 Å². The predicted molar refractivity (Wildman–Crippen MR) is 280 cm³/mol. The van der Waals surface area contributed by atoms with Crippen LogP contribution in [-0.4, -0.2) is 19.1 Å². The highest BCUT2D eigenvalue weighted by Crippen LogP contribution is 2.65. The van der Waals surface area contributed by atoms with Crippen LogP contribution in [0.25, 0.3) is 77.2 Å². The number of fused-ring (bicyclic) bond motifs is 13. The maximum absolute atomic E-state index is 5.22. The van der Waals surface area contributed by atoms with Crippen molar-refractivity contribution in [3.8, 4) is 33.6 Å². The molecule has 5 heteroatoms. The normalized spacial score (nSPS) is 13.4. The lowest BCUT2D eigenvalue weighted by molar-refractivity contribution is 0.753.